The maximum atomic E-state index is 2.67. The van der Waals surface area contributed by atoms with E-state index in [-0.39, 0.29) is 11.0 Å². The average Bonchev–Trinajstić information content (AvgIpc) is 3.66. The van der Waals surface area contributed by atoms with Crippen LogP contribution in [0.2, 0.25) is 0 Å². The second-order valence-electron chi connectivity index (χ2n) is 11.7. The van der Waals surface area contributed by atoms with Gasteiger partial charge in [-0.15, -0.1) is 0 Å². The van der Waals surface area contributed by atoms with Gasteiger partial charge in [0.05, 0.1) is 0 Å². The zero-order chi connectivity index (χ0) is 22.3. The maximum absolute atomic E-state index is 2.67. The van der Waals surface area contributed by atoms with Crippen LogP contribution in [0.1, 0.15) is 94.4 Å². The molecular weight excluding hydrogens is 386 g/mol. The zero-order valence-electron chi connectivity index (χ0n) is 20.2. The highest BCUT2D eigenvalue weighted by molar-refractivity contribution is 5.86. The number of rotatable bonds is 4. The smallest absolute Gasteiger partial charge is 0.0457 e. The SMILES string of the molecule is CC1(C)c2ccccc2-c2cc(N(c3ccccc3C3CC3)C(C)(C)C)c(C3CC3)cc21. The number of benzene rings is 3. The molecule has 0 N–H and O–H groups in total. The second kappa shape index (κ2) is 6.73. The second-order valence-corrected chi connectivity index (χ2v) is 11.7. The summed E-state index contributed by atoms with van der Waals surface area (Å²) >= 11 is 0. The van der Waals surface area contributed by atoms with Gasteiger partial charge in [-0.1, -0.05) is 62.4 Å². The van der Waals surface area contributed by atoms with Crippen LogP contribution >= 0.6 is 0 Å². The lowest BCUT2D eigenvalue weighted by atomic mass is 9.81. The largest absolute Gasteiger partial charge is 0.336 e. The van der Waals surface area contributed by atoms with Crippen LogP contribution in [0, 0.1) is 0 Å². The summed E-state index contributed by atoms with van der Waals surface area (Å²) in [6.07, 6.45) is 5.30. The molecule has 0 atom stereocenters. The van der Waals surface area contributed by atoms with E-state index in [4.69, 9.17) is 0 Å². The fourth-order valence-corrected chi connectivity index (χ4v) is 5.95. The molecule has 32 heavy (non-hydrogen) atoms. The highest BCUT2D eigenvalue weighted by Gasteiger charge is 2.40. The van der Waals surface area contributed by atoms with E-state index in [0.717, 1.165) is 5.92 Å². The van der Waals surface area contributed by atoms with Crippen LogP contribution in [-0.2, 0) is 5.41 Å². The van der Waals surface area contributed by atoms with Gasteiger partial charge in [0.15, 0.2) is 0 Å². The zero-order valence-corrected chi connectivity index (χ0v) is 20.2. The minimum absolute atomic E-state index is 0.00346. The quantitative estimate of drug-likeness (QED) is 0.407. The van der Waals surface area contributed by atoms with Crippen LogP contribution in [0.4, 0.5) is 11.4 Å². The van der Waals surface area contributed by atoms with E-state index in [2.05, 4.69) is 100 Å². The molecule has 6 rings (SSSR count). The fraction of sp³-hybridized carbons (Fsp3) is 0.419. The van der Waals surface area contributed by atoms with Crippen molar-refractivity contribution < 1.29 is 0 Å². The predicted octanol–water partition coefficient (Wildman–Crippen LogP) is 8.68. The van der Waals surface area contributed by atoms with Gasteiger partial charge in [0, 0.05) is 22.3 Å². The van der Waals surface area contributed by atoms with Crippen molar-refractivity contribution in [3.63, 3.8) is 0 Å². The first-order valence-corrected chi connectivity index (χ1v) is 12.4. The Balaban J connectivity index is 1.62. The summed E-state index contributed by atoms with van der Waals surface area (Å²) in [6, 6.07) is 23.4. The molecule has 0 saturated heterocycles. The highest BCUT2D eigenvalue weighted by atomic mass is 15.2. The van der Waals surface area contributed by atoms with E-state index in [1.165, 1.54) is 64.9 Å². The van der Waals surface area contributed by atoms with Gasteiger partial charge in [0.1, 0.15) is 0 Å². The fourth-order valence-electron chi connectivity index (χ4n) is 5.95. The Morgan fingerprint density at radius 3 is 2.00 bits per heavy atom. The van der Waals surface area contributed by atoms with Crippen LogP contribution in [0.3, 0.4) is 0 Å². The van der Waals surface area contributed by atoms with Crippen LogP contribution in [0.15, 0.2) is 60.7 Å². The molecule has 0 heterocycles. The van der Waals surface area contributed by atoms with Gasteiger partial charge in [-0.25, -0.2) is 0 Å². The standard InChI is InChI=1S/C31H35N/c1-30(2,3)32(28-13-9-7-10-22(28)20-14-15-20)29-19-25-23-11-6-8-12-26(23)31(4,5)27(25)18-24(29)21-16-17-21/h6-13,18-21H,14-17H2,1-5H3. The van der Waals surface area contributed by atoms with Gasteiger partial charge in [0.25, 0.3) is 0 Å². The van der Waals surface area contributed by atoms with Crippen LogP contribution in [-0.4, -0.2) is 5.54 Å². The molecule has 3 aliphatic carbocycles. The summed E-state index contributed by atoms with van der Waals surface area (Å²) in [5, 5.41) is 0. The third kappa shape index (κ3) is 3.04. The van der Waals surface area contributed by atoms with Crippen molar-refractivity contribution in [3.05, 3.63) is 82.9 Å². The summed E-state index contributed by atoms with van der Waals surface area (Å²) in [5.41, 5.74) is 11.8. The molecule has 0 aromatic heterocycles. The van der Waals surface area contributed by atoms with E-state index >= 15 is 0 Å². The lowest BCUT2D eigenvalue weighted by molar-refractivity contribution is 0.557. The van der Waals surface area contributed by atoms with E-state index in [1.807, 2.05) is 0 Å². The Labute approximate surface area is 193 Å². The van der Waals surface area contributed by atoms with Crippen LogP contribution in [0.5, 0.6) is 0 Å². The molecular formula is C31H35N. The summed E-state index contributed by atoms with van der Waals surface area (Å²) < 4.78 is 0. The Morgan fingerprint density at radius 2 is 1.31 bits per heavy atom. The van der Waals surface area contributed by atoms with E-state index < -0.39 is 0 Å². The summed E-state index contributed by atoms with van der Waals surface area (Å²) in [6.45, 7) is 11.9. The van der Waals surface area contributed by atoms with Gasteiger partial charge < -0.3 is 4.90 Å². The number of nitrogens with zero attached hydrogens (tertiary/aromatic N) is 1. The lowest BCUT2D eigenvalue weighted by Gasteiger charge is -2.41. The van der Waals surface area contributed by atoms with E-state index in [1.54, 1.807) is 5.56 Å². The minimum atomic E-state index is -0.00346. The van der Waals surface area contributed by atoms with Crippen molar-refractivity contribution in [1.82, 2.24) is 0 Å². The Kier molecular flexibility index (Phi) is 4.23. The normalized spacial score (nSPS) is 18.9. The molecule has 0 amide bonds. The van der Waals surface area contributed by atoms with Gasteiger partial charge in [-0.05, 0) is 104 Å². The first-order valence-electron chi connectivity index (χ1n) is 12.4. The molecule has 2 fully saturated rings. The molecule has 3 aromatic rings. The van der Waals surface area contributed by atoms with Crippen LogP contribution < -0.4 is 4.90 Å². The molecule has 0 radical (unpaired) electrons. The average molecular weight is 422 g/mol. The first kappa shape index (κ1) is 20.1. The first-order chi connectivity index (χ1) is 15.3. The van der Waals surface area contributed by atoms with Crippen molar-refractivity contribution in [3.8, 4) is 11.1 Å². The summed E-state index contributed by atoms with van der Waals surface area (Å²) in [4.78, 5) is 2.67. The molecule has 0 bridgehead atoms. The van der Waals surface area contributed by atoms with Gasteiger partial charge in [0.2, 0.25) is 0 Å². The third-order valence-corrected chi connectivity index (χ3v) is 7.85. The van der Waals surface area contributed by atoms with Crippen molar-refractivity contribution in [2.45, 2.75) is 83.1 Å². The molecule has 1 nitrogen and oxygen atoms in total. The van der Waals surface area contributed by atoms with E-state index in [0.29, 0.717) is 5.92 Å². The monoisotopic (exact) mass is 421 g/mol. The summed E-state index contributed by atoms with van der Waals surface area (Å²) in [7, 11) is 0. The van der Waals surface area contributed by atoms with Crippen molar-refractivity contribution in [1.29, 1.82) is 0 Å². The minimum Gasteiger partial charge on any atom is -0.336 e. The molecule has 0 unspecified atom stereocenters. The maximum Gasteiger partial charge on any atom is 0.0457 e. The van der Waals surface area contributed by atoms with Gasteiger partial charge in [-0.2, -0.15) is 0 Å². The van der Waals surface area contributed by atoms with Crippen molar-refractivity contribution >= 4 is 11.4 Å². The number of fused-ring (bicyclic) bond motifs is 3. The third-order valence-electron chi connectivity index (χ3n) is 7.85. The van der Waals surface area contributed by atoms with Crippen LogP contribution in [0.25, 0.3) is 11.1 Å². The van der Waals surface area contributed by atoms with Crippen molar-refractivity contribution in [2.75, 3.05) is 4.90 Å². The Morgan fingerprint density at radius 1 is 0.688 bits per heavy atom. The van der Waals surface area contributed by atoms with Crippen molar-refractivity contribution in [2.24, 2.45) is 0 Å². The predicted molar refractivity (Wildman–Crippen MR) is 136 cm³/mol. The molecule has 0 aliphatic heterocycles. The Hall–Kier alpha value is -2.54. The number of para-hydroxylation sites is 1. The number of hydrogen-bond donors (Lipinski definition) is 0. The summed E-state index contributed by atoms with van der Waals surface area (Å²) in [5.74, 6) is 1.43. The van der Waals surface area contributed by atoms with Gasteiger partial charge in [-0.3, -0.25) is 0 Å². The van der Waals surface area contributed by atoms with Gasteiger partial charge >= 0.3 is 0 Å². The lowest BCUT2D eigenvalue weighted by Crippen LogP contribution is -2.38. The molecule has 3 aromatic carbocycles. The molecule has 1 heteroatoms. The topological polar surface area (TPSA) is 3.24 Å². The number of hydrogen-bond acceptors (Lipinski definition) is 1. The highest BCUT2D eigenvalue weighted by Crippen LogP contribution is 2.56. The Bertz CT molecular complexity index is 1200. The van der Waals surface area contributed by atoms with E-state index in [9.17, 15) is 0 Å². The molecule has 3 aliphatic rings. The molecule has 0 spiro atoms. The number of anilines is 2. The molecule has 164 valence electrons. The molecule has 2 saturated carbocycles.